The smallest absolute Gasteiger partial charge is 0.0651 e. The van der Waals surface area contributed by atoms with Crippen molar-refractivity contribution >= 4 is 0 Å². The molecule has 1 aliphatic rings. The van der Waals surface area contributed by atoms with Gasteiger partial charge in [0.2, 0.25) is 0 Å². The second-order valence-corrected chi connectivity index (χ2v) is 8.22. The quantitative estimate of drug-likeness (QED) is 0.732. The summed E-state index contributed by atoms with van der Waals surface area (Å²) in [7, 11) is 5.46. The monoisotopic (exact) mass is 300 g/mol. The lowest BCUT2D eigenvalue weighted by Crippen LogP contribution is -2.49. The highest BCUT2D eigenvalue weighted by Gasteiger charge is 2.46. The normalized spacial score (nSPS) is 28.7. The van der Waals surface area contributed by atoms with Crippen LogP contribution in [-0.2, 0) is 14.2 Å². The maximum Gasteiger partial charge on any atom is 0.0651 e. The molecule has 1 saturated carbocycles. The van der Waals surface area contributed by atoms with E-state index in [4.69, 9.17) is 14.2 Å². The summed E-state index contributed by atoms with van der Waals surface area (Å²) in [6.07, 6.45) is 3.45. The molecule has 0 N–H and O–H groups in total. The molecule has 0 saturated heterocycles. The summed E-state index contributed by atoms with van der Waals surface area (Å²) in [5.74, 6) is 1.57. The first-order chi connectivity index (χ1) is 9.50. The molecule has 0 atom stereocenters. The van der Waals surface area contributed by atoms with Crippen molar-refractivity contribution in [1.29, 1.82) is 0 Å². The minimum Gasteiger partial charge on any atom is -0.379 e. The summed E-state index contributed by atoms with van der Waals surface area (Å²) in [5, 5.41) is 0. The van der Waals surface area contributed by atoms with Crippen molar-refractivity contribution in [2.75, 3.05) is 21.3 Å². The summed E-state index contributed by atoms with van der Waals surface area (Å²) in [6, 6.07) is 0. The molecule has 0 amide bonds. The van der Waals surface area contributed by atoms with Gasteiger partial charge in [-0.2, -0.15) is 0 Å². The summed E-state index contributed by atoms with van der Waals surface area (Å²) in [6.45, 7) is 13.2. The van der Waals surface area contributed by atoms with Gasteiger partial charge in [-0.25, -0.2) is 0 Å². The van der Waals surface area contributed by atoms with Crippen molar-refractivity contribution in [1.82, 2.24) is 0 Å². The van der Waals surface area contributed by atoms with Gasteiger partial charge in [-0.05, 0) is 78.6 Å². The summed E-state index contributed by atoms with van der Waals surface area (Å²) in [5.41, 5.74) is -0.320. The molecule has 0 aliphatic heterocycles. The van der Waals surface area contributed by atoms with Gasteiger partial charge in [0, 0.05) is 21.3 Å². The summed E-state index contributed by atoms with van der Waals surface area (Å²) in [4.78, 5) is 0. The minimum atomic E-state index is -0.107. The standard InChI is InChI=1S/C18H36O3/c1-16(2,19-7)13-10-14(17(3,4)20-8)12-15(11-13)18(5,6)21-9/h13-15H,10-12H2,1-9H3. The molecule has 0 bridgehead atoms. The van der Waals surface area contributed by atoms with Gasteiger partial charge in [0.15, 0.2) is 0 Å². The molecule has 126 valence electrons. The average molecular weight is 300 g/mol. The summed E-state index contributed by atoms with van der Waals surface area (Å²) >= 11 is 0. The fourth-order valence-corrected chi connectivity index (χ4v) is 3.52. The van der Waals surface area contributed by atoms with E-state index in [9.17, 15) is 0 Å². The number of rotatable bonds is 6. The second-order valence-electron chi connectivity index (χ2n) is 8.22. The van der Waals surface area contributed by atoms with E-state index in [2.05, 4.69) is 41.5 Å². The third kappa shape index (κ3) is 4.20. The Morgan fingerprint density at radius 3 is 0.857 bits per heavy atom. The molecular formula is C18H36O3. The Kier molecular flexibility index (Phi) is 5.91. The molecule has 0 aromatic carbocycles. The van der Waals surface area contributed by atoms with Gasteiger partial charge in [-0.15, -0.1) is 0 Å². The van der Waals surface area contributed by atoms with Crippen molar-refractivity contribution in [3.63, 3.8) is 0 Å². The lowest BCUT2D eigenvalue weighted by Gasteiger charge is -2.50. The van der Waals surface area contributed by atoms with Gasteiger partial charge in [-0.3, -0.25) is 0 Å². The van der Waals surface area contributed by atoms with Crippen LogP contribution in [0, 0.1) is 17.8 Å². The third-order valence-electron chi connectivity index (χ3n) is 6.23. The molecule has 0 unspecified atom stereocenters. The van der Waals surface area contributed by atoms with Crippen LogP contribution in [0.25, 0.3) is 0 Å². The van der Waals surface area contributed by atoms with Crippen molar-refractivity contribution in [2.45, 2.75) is 77.6 Å². The van der Waals surface area contributed by atoms with E-state index in [-0.39, 0.29) is 16.8 Å². The van der Waals surface area contributed by atoms with Crippen molar-refractivity contribution in [3.05, 3.63) is 0 Å². The van der Waals surface area contributed by atoms with Crippen LogP contribution in [0.15, 0.2) is 0 Å². The predicted octanol–water partition coefficient (Wildman–Crippen LogP) is 4.29. The first-order valence-electron chi connectivity index (χ1n) is 8.15. The van der Waals surface area contributed by atoms with Crippen LogP contribution in [0.5, 0.6) is 0 Å². The number of ether oxygens (including phenoxy) is 3. The van der Waals surface area contributed by atoms with Crippen LogP contribution >= 0.6 is 0 Å². The number of methoxy groups -OCH3 is 3. The predicted molar refractivity (Wildman–Crippen MR) is 87.6 cm³/mol. The molecule has 0 aromatic rings. The Morgan fingerprint density at radius 2 is 0.714 bits per heavy atom. The van der Waals surface area contributed by atoms with E-state index in [1.54, 1.807) is 0 Å². The zero-order chi connectivity index (χ0) is 16.5. The Hall–Kier alpha value is -0.120. The third-order valence-corrected chi connectivity index (χ3v) is 6.23. The highest BCUT2D eigenvalue weighted by Crippen LogP contribution is 2.48. The molecule has 0 heterocycles. The Morgan fingerprint density at radius 1 is 0.524 bits per heavy atom. The van der Waals surface area contributed by atoms with Crippen molar-refractivity contribution in [2.24, 2.45) is 17.8 Å². The molecule has 1 rings (SSSR count). The molecule has 3 heteroatoms. The lowest BCUT2D eigenvalue weighted by molar-refractivity contribution is -0.130. The van der Waals surface area contributed by atoms with E-state index < -0.39 is 0 Å². The van der Waals surface area contributed by atoms with Crippen LogP contribution in [0.3, 0.4) is 0 Å². The van der Waals surface area contributed by atoms with Crippen LogP contribution in [-0.4, -0.2) is 38.1 Å². The molecule has 21 heavy (non-hydrogen) atoms. The summed E-state index contributed by atoms with van der Waals surface area (Å²) < 4.78 is 17.4. The molecule has 0 spiro atoms. The maximum absolute atomic E-state index is 5.78. The van der Waals surface area contributed by atoms with Crippen LogP contribution < -0.4 is 0 Å². The maximum atomic E-state index is 5.78. The van der Waals surface area contributed by atoms with Crippen molar-refractivity contribution in [3.8, 4) is 0 Å². The van der Waals surface area contributed by atoms with Gasteiger partial charge >= 0.3 is 0 Å². The SMILES string of the molecule is COC(C)(C)C1CC(C(C)(C)OC)CC(C(C)(C)OC)C1. The van der Waals surface area contributed by atoms with Gasteiger partial charge in [-0.1, -0.05) is 0 Å². The van der Waals surface area contributed by atoms with E-state index in [1.165, 1.54) is 0 Å². The average Bonchev–Trinajstić information content (AvgIpc) is 2.46. The highest BCUT2D eigenvalue weighted by atomic mass is 16.5. The molecule has 3 nitrogen and oxygen atoms in total. The van der Waals surface area contributed by atoms with E-state index in [0.29, 0.717) is 17.8 Å². The van der Waals surface area contributed by atoms with Crippen LogP contribution in [0.1, 0.15) is 60.8 Å². The Bertz CT molecular complexity index is 275. The van der Waals surface area contributed by atoms with Crippen LogP contribution in [0.4, 0.5) is 0 Å². The zero-order valence-electron chi connectivity index (χ0n) is 15.6. The van der Waals surface area contributed by atoms with Gasteiger partial charge in [0.25, 0.3) is 0 Å². The lowest BCUT2D eigenvalue weighted by atomic mass is 9.62. The highest BCUT2D eigenvalue weighted by molar-refractivity contribution is 4.97. The number of hydrogen-bond donors (Lipinski definition) is 0. The first kappa shape index (κ1) is 18.9. The van der Waals surface area contributed by atoms with Crippen LogP contribution in [0.2, 0.25) is 0 Å². The van der Waals surface area contributed by atoms with Gasteiger partial charge in [0.1, 0.15) is 0 Å². The number of hydrogen-bond acceptors (Lipinski definition) is 3. The van der Waals surface area contributed by atoms with Gasteiger partial charge < -0.3 is 14.2 Å². The molecule has 1 fully saturated rings. The molecule has 0 aromatic heterocycles. The van der Waals surface area contributed by atoms with Crippen molar-refractivity contribution < 1.29 is 14.2 Å². The first-order valence-corrected chi connectivity index (χ1v) is 8.15. The van der Waals surface area contributed by atoms with E-state index >= 15 is 0 Å². The molecular weight excluding hydrogens is 264 g/mol. The largest absolute Gasteiger partial charge is 0.379 e. The van der Waals surface area contributed by atoms with E-state index in [1.807, 2.05) is 21.3 Å². The van der Waals surface area contributed by atoms with E-state index in [0.717, 1.165) is 19.3 Å². The topological polar surface area (TPSA) is 27.7 Å². The fourth-order valence-electron chi connectivity index (χ4n) is 3.52. The Labute approximate surface area is 131 Å². The minimum absolute atomic E-state index is 0.107. The Balaban J connectivity index is 3.05. The molecule has 1 aliphatic carbocycles. The molecule has 0 radical (unpaired) electrons. The fraction of sp³-hybridized carbons (Fsp3) is 1.00. The second kappa shape index (κ2) is 6.55. The zero-order valence-corrected chi connectivity index (χ0v) is 15.6. The van der Waals surface area contributed by atoms with Gasteiger partial charge in [0.05, 0.1) is 16.8 Å².